The number of ether oxygens (including phenoxy) is 1. The molecule has 0 aliphatic rings. The van der Waals surface area contributed by atoms with Crippen LogP contribution in [0.4, 0.5) is 5.69 Å². The molecule has 6 nitrogen and oxygen atoms in total. The summed E-state index contributed by atoms with van der Waals surface area (Å²) in [6.07, 6.45) is 3.25. The van der Waals surface area contributed by atoms with Gasteiger partial charge in [-0.3, -0.25) is 19.5 Å². The Morgan fingerprint density at radius 2 is 1.76 bits per heavy atom. The van der Waals surface area contributed by atoms with Crippen LogP contribution < -0.4 is 10.2 Å². The number of anilines is 1. The predicted molar refractivity (Wildman–Crippen MR) is 115 cm³/mol. The zero-order valence-corrected chi connectivity index (χ0v) is 18.1. The van der Waals surface area contributed by atoms with Crippen molar-refractivity contribution < 1.29 is 14.3 Å². The number of aromatic nitrogens is 1. The second kappa shape index (κ2) is 9.65. The first-order chi connectivity index (χ1) is 13.6. The van der Waals surface area contributed by atoms with Gasteiger partial charge >= 0.3 is 0 Å². The van der Waals surface area contributed by atoms with E-state index in [1.165, 1.54) is 12.0 Å². The molecule has 1 aromatic carbocycles. The largest absolute Gasteiger partial charge is 0.375 e. The predicted octanol–water partition coefficient (Wildman–Crippen LogP) is 3.84. The average Bonchev–Trinajstić information content (AvgIpc) is 2.65. The number of carbonyl (C=O) groups is 2. The van der Waals surface area contributed by atoms with Gasteiger partial charge in [0.05, 0.1) is 0 Å². The highest BCUT2D eigenvalue weighted by molar-refractivity contribution is 6.02. The summed E-state index contributed by atoms with van der Waals surface area (Å²) in [5.74, 6) is -0.212. The van der Waals surface area contributed by atoms with Crippen LogP contribution in [0.25, 0.3) is 0 Å². The summed E-state index contributed by atoms with van der Waals surface area (Å²) in [5, 5.41) is 2.99. The van der Waals surface area contributed by atoms with E-state index >= 15 is 0 Å². The molecule has 0 radical (unpaired) electrons. The van der Waals surface area contributed by atoms with Crippen LogP contribution in [-0.4, -0.2) is 36.1 Å². The molecule has 156 valence electrons. The van der Waals surface area contributed by atoms with E-state index in [0.29, 0.717) is 17.2 Å². The molecule has 1 unspecified atom stereocenters. The molecule has 0 fully saturated rings. The molecule has 1 N–H and O–H groups in total. The van der Waals surface area contributed by atoms with Crippen LogP contribution >= 0.6 is 0 Å². The monoisotopic (exact) mass is 397 g/mol. The molecule has 29 heavy (non-hydrogen) atoms. The fraction of sp³-hybridized carbons (Fsp3) is 0.435. The van der Waals surface area contributed by atoms with Gasteiger partial charge in [0.1, 0.15) is 12.6 Å². The number of pyridine rings is 1. The Morgan fingerprint density at radius 3 is 2.24 bits per heavy atom. The zero-order valence-electron chi connectivity index (χ0n) is 18.1. The normalized spacial score (nSPS) is 12.5. The summed E-state index contributed by atoms with van der Waals surface area (Å²) in [7, 11) is 1.46. The fourth-order valence-electron chi connectivity index (χ4n) is 3.04. The molecule has 6 heteroatoms. The van der Waals surface area contributed by atoms with Crippen LogP contribution in [0.3, 0.4) is 0 Å². The minimum Gasteiger partial charge on any atom is -0.375 e. The third-order valence-corrected chi connectivity index (χ3v) is 4.38. The molecule has 1 aromatic heterocycles. The van der Waals surface area contributed by atoms with E-state index in [0.717, 1.165) is 5.56 Å². The Balaban J connectivity index is 2.57. The van der Waals surface area contributed by atoms with Crippen molar-refractivity contribution in [1.82, 2.24) is 10.3 Å². The lowest BCUT2D eigenvalue weighted by Gasteiger charge is -2.33. The van der Waals surface area contributed by atoms with E-state index in [4.69, 9.17) is 4.74 Å². The van der Waals surface area contributed by atoms with Crippen LogP contribution in [0.5, 0.6) is 0 Å². The third-order valence-electron chi connectivity index (χ3n) is 4.38. The maximum absolute atomic E-state index is 13.3. The van der Waals surface area contributed by atoms with Crippen LogP contribution in [-0.2, 0) is 14.3 Å². The first-order valence-corrected chi connectivity index (χ1v) is 9.77. The number of amides is 2. The van der Waals surface area contributed by atoms with Gasteiger partial charge in [-0.25, -0.2) is 0 Å². The molecule has 0 saturated heterocycles. The summed E-state index contributed by atoms with van der Waals surface area (Å²) in [6, 6.07) is 10.4. The summed E-state index contributed by atoms with van der Waals surface area (Å²) in [4.78, 5) is 32.0. The van der Waals surface area contributed by atoms with Gasteiger partial charge in [0, 0.05) is 36.3 Å². The Labute approximate surface area is 173 Å². The van der Waals surface area contributed by atoms with Crippen LogP contribution in [0, 0.1) is 0 Å². The summed E-state index contributed by atoms with van der Waals surface area (Å²) in [6.45, 7) is 9.81. The van der Waals surface area contributed by atoms with Crippen molar-refractivity contribution in [2.45, 2.75) is 52.1 Å². The van der Waals surface area contributed by atoms with Gasteiger partial charge in [0.2, 0.25) is 5.91 Å². The van der Waals surface area contributed by atoms with Crippen molar-refractivity contribution in [1.29, 1.82) is 0 Å². The quantitative estimate of drug-likeness (QED) is 0.770. The van der Waals surface area contributed by atoms with Crippen LogP contribution in [0.15, 0.2) is 48.8 Å². The maximum atomic E-state index is 13.3. The van der Waals surface area contributed by atoms with Gasteiger partial charge < -0.3 is 10.1 Å². The number of nitrogens with one attached hydrogen (secondary N) is 1. The van der Waals surface area contributed by atoms with Crippen molar-refractivity contribution in [3.05, 3.63) is 59.9 Å². The molecule has 1 atom stereocenters. The lowest BCUT2D eigenvalue weighted by Crippen LogP contribution is -2.50. The van der Waals surface area contributed by atoms with Gasteiger partial charge in [-0.05, 0) is 50.5 Å². The summed E-state index contributed by atoms with van der Waals surface area (Å²) >= 11 is 0. The lowest BCUT2D eigenvalue weighted by atomic mass is 10.0. The smallest absolute Gasteiger partial charge is 0.253 e. The Bertz CT molecular complexity index is 812. The van der Waals surface area contributed by atoms with Crippen molar-refractivity contribution in [3.63, 3.8) is 0 Å². The Kier molecular flexibility index (Phi) is 7.51. The number of carbonyl (C=O) groups excluding carboxylic acids is 2. The van der Waals surface area contributed by atoms with Gasteiger partial charge in [0.15, 0.2) is 0 Å². The number of hydrogen-bond acceptors (Lipinski definition) is 4. The zero-order chi connectivity index (χ0) is 21.6. The van der Waals surface area contributed by atoms with Crippen molar-refractivity contribution in [3.8, 4) is 0 Å². The average molecular weight is 398 g/mol. The van der Waals surface area contributed by atoms with E-state index in [-0.39, 0.29) is 18.4 Å². The molecular formula is C23H31N3O3. The number of benzene rings is 1. The van der Waals surface area contributed by atoms with E-state index in [9.17, 15) is 9.59 Å². The first-order valence-electron chi connectivity index (χ1n) is 9.77. The van der Waals surface area contributed by atoms with Crippen LogP contribution in [0.2, 0.25) is 0 Å². The molecule has 0 aliphatic carbocycles. The number of methoxy groups -OCH3 is 1. The van der Waals surface area contributed by atoms with Crippen molar-refractivity contribution >= 4 is 17.5 Å². The van der Waals surface area contributed by atoms with Gasteiger partial charge in [-0.15, -0.1) is 0 Å². The van der Waals surface area contributed by atoms with E-state index < -0.39 is 11.6 Å². The highest BCUT2D eigenvalue weighted by Crippen LogP contribution is 2.29. The molecule has 2 rings (SSSR count). The second-order valence-corrected chi connectivity index (χ2v) is 8.37. The minimum atomic E-state index is -0.865. The number of nitrogens with zero attached hydrogens (tertiary/aromatic N) is 2. The van der Waals surface area contributed by atoms with E-state index in [2.05, 4.69) is 24.1 Å². The molecule has 1 heterocycles. The van der Waals surface area contributed by atoms with E-state index in [1.54, 1.807) is 24.5 Å². The molecule has 2 aromatic rings. The fourth-order valence-corrected chi connectivity index (χ4v) is 3.04. The topological polar surface area (TPSA) is 71.5 Å². The molecule has 0 spiro atoms. The van der Waals surface area contributed by atoms with Gasteiger partial charge in [-0.1, -0.05) is 32.0 Å². The molecule has 0 saturated carbocycles. The molecule has 0 aliphatic heterocycles. The third kappa shape index (κ3) is 6.12. The van der Waals surface area contributed by atoms with Gasteiger partial charge in [-0.2, -0.15) is 0 Å². The van der Waals surface area contributed by atoms with Crippen molar-refractivity contribution in [2.24, 2.45) is 0 Å². The minimum absolute atomic E-state index is 0.133. The Morgan fingerprint density at radius 1 is 1.10 bits per heavy atom. The number of rotatable bonds is 7. The first kappa shape index (κ1) is 22.6. The van der Waals surface area contributed by atoms with Crippen LogP contribution in [0.1, 0.15) is 57.7 Å². The second-order valence-electron chi connectivity index (χ2n) is 8.37. The van der Waals surface area contributed by atoms with E-state index in [1.807, 2.05) is 45.0 Å². The number of hydrogen-bond donors (Lipinski definition) is 1. The molecule has 2 amide bonds. The highest BCUT2D eigenvalue weighted by atomic mass is 16.5. The SMILES string of the molecule is COCC(=O)N(c1ccc(C(C)C)cc1)C(C(=O)NC(C)(C)C)c1cccnc1. The van der Waals surface area contributed by atoms with Gasteiger partial charge in [0.25, 0.3) is 5.91 Å². The Hall–Kier alpha value is -2.73. The highest BCUT2D eigenvalue weighted by Gasteiger charge is 2.34. The maximum Gasteiger partial charge on any atom is 0.253 e. The lowest BCUT2D eigenvalue weighted by molar-refractivity contribution is -0.129. The standard InChI is InChI=1S/C23H31N3O3/c1-16(2)17-9-11-19(12-10-17)26(20(27)15-29-6)21(18-8-7-13-24-14-18)22(28)25-23(3,4)5/h7-14,16,21H,15H2,1-6H3,(H,25,28). The summed E-state index contributed by atoms with van der Waals surface area (Å²) in [5.41, 5.74) is 1.97. The summed E-state index contributed by atoms with van der Waals surface area (Å²) < 4.78 is 5.10. The molecular weight excluding hydrogens is 366 g/mol. The van der Waals surface area contributed by atoms with Crippen molar-refractivity contribution in [2.75, 3.05) is 18.6 Å². The molecule has 0 bridgehead atoms.